The molecule has 1 aliphatic carbocycles. The molecule has 1 aliphatic rings. The van der Waals surface area contributed by atoms with E-state index in [1.165, 1.54) is 11.3 Å². The summed E-state index contributed by atoms with van der Waals surface area (Å²) in [6.45, 7) is 0. The molecule has 0 aliphatic heterocycles. The first-order valence-corrected chi connectivity index (χ1v) is 9.86. The van der Waals surface area contributed by atoms with Gasteiger partial charge < -0.3 is 10.1 Å². The van der Waals surface area contributed by atoms with E-state index in [1.54, 1.807) is 25.7 Å². The Morgan fingerprint density at radius 1 is 1.43 bits per heavy atom. The van der Waals surface area contributed by atoms with Gasteiger partial charge in [0.2, 0.25) is 5.91 Å². The van der Waals surface area contributed by atoms with Crippen molar-refractivity contribution in [3.63, 3.8) is 0 Å². The Balaban J connectivity index is 1.56. The number of imidazole rings is 1. The summed E-state index contributed by atoms with van der Waals surface area (Å²) in [7, 11) is 1.58. The van der Waals surface area contributed by atoms with Gasteiger partial charge in [0.15, 0.2) is 16.6 Å². The number of rotatable bonds is 5. The zero-order valence-electron chi connectivity index (χ0n) is 14.8. The second kappa shape index (κ2) is 6.61. The number of methoxy groups -OCH3 is 1. The highest BCUT2D eigenvalue weighted by Crippen LogP contribution is 2.38. The molecule has 1 saturated carbocycles. The van der Waals surface area contributed by atoms with Gasteiger partial charge in [-0.25, -0.2) is 9.97 Å². The summed E-state index contributed by atoms with van der Waals surface area (Å²) in [6.07, 6.45) is 5.28. The topological polar surface area (TPSA) is 97.7 Å². The van der Waals surface area contributed by atoms with Crippen LogP contribution in [0.1, 0.15) is 12.8 Å². The van der Waals surface area contributed by atoms with Crippen molar-refractivity contribution >= 4 is 44.3 Å². The largest absolute Gasteiger partial charge is 0.495 e. The molecule has 1 fully saturated rings. The Bertz CT molecular complexity index is 1190. The molecular weight excluding hydrogens is 400 g/mol. The van der Waals surface area contributed by atoms with Crippen LogP contribution in [0.25, 0.3) is 27.4 Å². The molecule has 28 heavy (non-hydrogen) atoms. The zero-order valence-corrected chi connectivity index (χ0v) is 16.3. The Morgan fingerprint density at radius 2 is 2.29 bits per heavy atom. The molecule has 142 valence electrons. The fourth-order valence-electron chi connectivity index (χ4n) is 3.00. The van der Waals surface area contributed by atoms with E-state index >= 15 is 0 Å². The molecule has 5 rings (SSSR count). The van der Waals surface area contributed by atoms with Gasteiger partial charge in [-0.1, -0.05) is 35.1 Å². The maximum absolute atomic E-state index is 12.0. The minimum atomic E-state index is 0.0254. The fraction of sp³-hybridized carbons (Fsp3) is 0.222. The number of fused-ring (bicyclic) bond motifs is 1. The summed E-state index contributed by atoms with van der Waals surface area (Å²) >= 11 is 7.87. The lowest BCUT2D eigenvalue weighted by molar-refractivity contribution is -0.117. The van der Waals surface area contributed by atoms with E-state index in [2.05, 4.69) is 25.5 Å². The van der Waals surface area contributed by atoms with E-state index in [4.69, 9.17) is 16.3 Å². The number of carbonyl (C=O) groups excluding carboxylic acids is 1. The van der Waals surface area contributed by atoms with E-state index in [0.29, 0.717) is 27.4 Å². The normalized spacial score (nSPS) is 13.8. The second-order valence-electron chi connectivity index (χ2n) is 6.48. The molecule has 3 aromatic heterocycles. The number of anilines is 1. The number of amides is 1. The lowest BCUT2D eigenvalue weighted by atomic mass is 10.1. The van der Waals surface area contributed by atoms with Crippen LogP contribution in [0.3, 0.4) is 0 Å². The Labute approximate surface area is 168 Å². The molecule has 10 heteroatoms. The first-order valence-electron chi connectivity index (χ1n) is 8.67. The molecule has 1 amide bonds. The number of halogens is 1. The number of nitrogens with one attached hydrogen (secondary N) is 2. The van der Waals surface area contributed by atoms with Crippen LogP contribution in [0.2, 0.25) is 5.02 Å². The molecule has 2 N–H and O–H groups in total. The van der Waals surface area contributed by atoms with Crippen molar-refractivity contribution in [3.8, 4) is 22.8 Å². The number of aromatic amines is 1. The predicted octanol–water partition coefficient (Wildman–Crippen LogP) is 3.88. The predicted molar refractivity (Wildman–Crippen MR) is 107 cm³/mol. The first-order chi connectivity index (χ1) is 13.7. The van der Waals surface area contributed by atoms with Gasteiger partial charge in [-0.2, -0.15) is 5.10 Å². The van der Waals surface area contributed by atoms with Crippen LogP contribution >= 0.6 is 22.9 Å². The van der Waals surface area contributed by atoms with E-state index in [9.17, 15) is 4.79 Å². The van der Waals surface area contributed by atoms with Gasteiger partial charge in [-0.15, -0.1) is 0 Å². The van der Waals surface area contributed by atoms with Crippen molar-refractivity contribution in [1.82, 2.24) is 24.7 Å². The fourth-order valence-corrected chi connectivity index (χ4v) is 4.21. The molecule has 4 aromatic rings. The maximum atomic E-state index is 12.0. The number of aromatic nitrogens is 5. The van der Waals surface area contributed by atoms with Crippen molar-refractivity contribution in [2.24, 2.45) is 5.92 Å². The molecule has 1 aromatic carbocycles. The minimum Gasteiger partial charge on any atom is -0.495 e. The zero-order chi connectivity index (χ0) is 19.3. The second-order valence-corrected chi connectivity index (χ2v) is 7.86. The van der Waals surface area contributed by atoms with Crippen molar-refractivity contribution in [2.75, 3.05) is 12.4 Å². The molecule has 0 spiro atoms. The summed E-state index contributed by atoms with van der Waals surface area (Å²) in [4.78, 5) is 20.7. The number of carbonyl (C=O) groups is 1. The summed E-state index contributed by atoms with van der Waals surface area (Å²) in [5.74, 6) is 1.38. The van der Waals surface area contributed by atoms with Gasteiger partial charge >= 0.3 is 0 Å². The monoisotopic (exact) mass is 414 g/mol. The van der Waals surface area contributed by atoms with Gasteiger partial charge in [-0.3, -0.25) is 14.5 Å². The summed E-state index contributed by atoms with van der Waals surface area (Å²) in [6, 6.07) is 5.57. The van der Waals surface area contributed by atoms with Crippen molar-refractivity contribution in [3.05, 3.63) is 35.7 Å². The molecular formula is C18H15ClN6O2S. The lowest BCUT2D eigenvalue weighted by Crippen LogP contribution is -2.12. The van der Waals surface area contributed by atoms with E-state index < -0.39 is 0 Å². The number of thiazole rings is 1. The number of H-pyrrole nitrogens is 1. The summed E-state index contributed by atoms with van der Waals surface area (Å²) < 4.78 is 7.98. The summed E-state index contributed by atoms with van der Waals surface area (Å²) in [5.41, 5.74) is 2.16. The van der Waals surface area contributed by atoms with Crippen LogP contribution in [0, 0.1) is 5.92 Å². The number of hydrogen-bond donors (Lipinski definition) is 2. The third-order valence-electron chi connectivity index (χ3n) is 4.60. The van der Waals surface area contributed by atoms with Crippen LogP contribution < -0.4 is 10.1 Å². The highest BCUT2D eigenvalue weighted by Gasteiger charge is 2.30. The number of nitrogens with zero attached hydrogens (tertiary/aromatic N) is 4. The third-order valence-corrected chi connectivity index (χ3v) is 5.96. The molecule has 3 heterocycles. The van der Waals surface area contributed by atoms with Crippen LogP contribution in [0.5, 0.6) is 5.75 Å². The molecule has 0 atom stereocenters. The number of hydrogen-bond acceptors (Lipinski definition) is 6. The van der Waals surface area contributed by atoms with Gasteiger partial charge in [0.25, 0.3) is 0 Å². The highest BCUT2D eigenvalue weighted by atomic mass is 35.5. The molecule has 0 unspecified atom stereocenters. The van der Waals surface area contributed by atoms with Gasteiger partial charge in [0.05, 0.1) is 24.0 Å². The van der Waals surface area contributed by atoms with E-state index in [-0.39, 0.29) is 11.8 Å². The summed E-state index contributed by atoms with van der Waals surface area (Å²) in [5, 5.41) is 11.2. The number of ether oxygens (including phenoxy) is 1. The highest BCUT2D eigenvalue weighted by molar-refractivity contribution is 7.22. The van der Waals surface area contributed by atoms with Crippen molar-refractivity contribution in [2.45, 2.75) is 12.8 Å². The van der Waals surface area contributed by atoms with Crippen LogP contribution in [-0.4, -0.2) is 37.7 Å². The van der Waals surface area contributed by atoms with E-state index in [1.807, 2.05) is 16.7 Å². The molecule has 0 radical (unpaired) electrons. The number of benzene rings is 1. The quantitative estimate of drug-likeness (QED) is 0.516. The van der Waals surface area contributed by atoms with Crippen LogP contribution in [0.4, 0.5) is 5.13 Å². The van der Waals surface area contributed by atoms with Gasteiger partial charge in [0, 0.05) is 11.5 Å². The molecule has 0 saturated heterocycles. The average Bonchev–Trinajstić information content (AvgIpc) is 3.12. The Kier molecular flexibility index (Phi) is 4.06. The van der Waals surface area contributed by atoms with Crippen LogP contribution in [0.15, 0.2) is 30.7 Å². The standard InChI is InChI=1S/C18H15ClN6O2S/c1-27-12-4-2-3-10(13(12)19)11-7-20-8-25(11)16-14-15(23-24-16)21-18(28-14)22-17(26)9-5-6-9/h2-4,7-9H,5-6H2,1H3,(H2,21,22,23,24,26). The average molecular weight is 415 g/mol. The molecule has 8 nitrogen and oxygen atoms in total. The smallest absolute Gasteiger partial charge is 0.229 e. The van der Waals surface area contributed by atoms with Gasteiger partial charge in [0.1, 0.15) is 16.8 Å². The SMILES string of the molecule is COc1cccc(-c2cncn2-c2n[nH]c3nc(NC(=O)C4CC4)sc23)c1Cl. The first kappa shape index (κ1) is 17.2. The Morgan fingerprint density at radius 3 is 3.07 bits per heavy atom. The van der Waals surface area contributed by atoms with E-state index in [0.717, 1.165) is 28.8 Å². The van der Waals surface area contributed by atoms with Gasteiger partial charge in [-0.05, 0) is 18.9 Å². The minimum absolute atomic E-state index is 0.0254. The van der Waals surface area contributed by atoms with Crippen molar-refractivity contribution < 1.29 is 9.53 Å². The third kappa shape index (κ3) is 2.83. The Hall–Kier alpha value is -2.91. The lowest BCUT2D eigenvalue weighted by Gasteiger charge is -2.10. The van der Waals surface area contributed by atoms with Crippen molar-refractivity contribution in [1.29, 1.82) is 0 Å². The van der Waals surface area contributed by atoms with Crippen LogP contribution in [-0.2, 0) is 4.79 Å². The maximum Gasteiger partial charge on any atom is 0.229 e. The molecule has 0 bridgehead atoms.